The first-order valence-corrected chi connectivity index (χ1v) is 17.5. The van der Waals surface area contributed by atoms with Crippen molar-refractivity contribution in [3.8, 4) is 5.75 Å². The molecule has 4 aromatic rings. The van der Waals surface area contributed by atoms with Gasteiger partial charge in [-0.15, -0.1) is 13.2 Å². The second-order valence-electron chi connectivity index (χ2n) is 11.9. The van der Waals surface area contributed by atoms with Gasteiger partial charge in [0.05, 0.1) is 22.3 Å². The van der Waals surface area contributed by atoms with Crippen LogP contribution in [0.15, 0.2) is 113 Å². The summed E-state index contributed by atoms with van der Waals surface area (Å²) in [5.41, 5.74) is 4.72. The van der Waals surface area contributed by atoms with Gasteiger partial charge in [0.15, 0.2) is 0 Å². The Labute approximate surface area is 284 Å². The van der Waals surface area contributed by atoms with Gasteiger partial charge in [-0.05, 0) is 90.0 Å². The number of nitrogens with zero attached hydrogens (tertiary/aromatic N) is 3. The number of aliphatic carboxylic acids is 1. The number of likely N-dealkylation sites (N-methyl/N-ethyl adjacent to an activating group) is 1. The van der Waals surface area contributed by atoms with E-state index < -0.39 is 28.4 Å². The Morgan fingerprint density at radius 2 is 1.59 bits per heavy atom. The Hall–Kier alpha value is -4.68. The molecule has 0 aromatic heterocycles. The summed E-state index contributed by atoms with van der Waals surface area (Å²) in [6, 6.07) is 27.1. The lowest BCUT2D eigenvalue weighted by atomic mass is 9.96. The number of rotatable bonds is 14. The molecule has 0 spiro atoms. The molecule has 0 saturated carbocycles. The van der Waals surface area contributed by atoms with Crippen LogP contribution in [0.2, 0.25) is 0 Å². The molecular formula is C37H38F3N3O5S. The highest BCUT2D eigenvalue weighted by atomic mass is 32.2. The minimum absolute atomic E-state index is 0.00234. The van der Waals surface area contributed by atoms with Gasteiger partial charge in [-0.1, -0.05) is 74.4 Å². The van der Waals surface area contributed by atoms with Gasteiger partial charge in [0.2, 0.25) is 10.0 Å². The maximum Gasteiger partial charge on any atom is 0.573 e. The quantitative estimate of drug-likeness (QED) is 0.135. The largest absolute Gasteiger partial charge is 0.573 e. The molecule has 1 aliphatic rings. The zero-order valence-electron chi connectivity index (χ0n) is 27.2. The van der Waals surface area contributed by atoms with Crippen LogP contribution in [0.4, 0.5) is 18.9 Å². The third kappa shape index (κ3) is 8.87. The summed E-state index contributed by atoms with van der Waals surface area (Å²) in [5.74, 6) is -1.60. The van der Waals surface area contributed by atoms with E-state index in [9.17, 15) is 31.5 Å². The number of hydrazone groups is 1. The third-order valence-electron chi connectivity index (χ3n) is 8.54. The lowest BCUT2D eigenvalue weighted by Gasteiger charge is -2.26. The molecule has 2 atom stereocenters. The smallest absolute Gasteiger partial charge is 0.480 e. The molecule has 1 aliphatic heterocycles. The van der Waals surface area contributed by atoms with Gasteiger partial charge in [-0.25, -0.2) is 8.42 Å². The second-order valence-corrected chi connectivity index (χ2v) is 13.9. The summed E-state index contributed by atoms with van der Waals surface area (Å²) in [7, 11) is -2.93. The molecule has 49 heavy (non-hydrogen) atoms. The van der Waals surface area contributed by atoms with Crippen molar-refractivity contribution < 1.29 is 36.2 Å². The van der Waals surface area contributed by atoms with Crippen molar-refractivity contribution in [3.05, 3.63) is 125 Å². The van der Waals surface area contributed by atoms with Crippen LogP contribution >= 0.6 is 0 Å². The molecule has 0 saturated heterocycles. The number of carboxylic acid groups (broad SMARTS) is 1. The number of ether oxygens (including phenoxy) is 1. The number of carboxylic acids is 1. The maximum atomic E-state index is 13.6. The standard InChI is InChI=1S/C37H38F3N3O5S/c1-3-4-6-9-26-12-14-29(15-13-26)34-25-33(28-16-20-31(21-17-28)48-37(38,39)40)41-43(34)30-18-22-32(23-19-30)49(46,47)42(2)35(36(44)45)24-27-10-7-5-8-11-27/h5,7-8,10-23,34-35H,3-4,6,9,24-25H2,1-2H3,(H,44,45)/t34?,35-/m0/s1. The van der Waals surface area contributed by atoms with Gasteiger partial charge in [0.25, 0.3) is 0 Å². The lowest BCUT2D eigenvalue weighted by Crippen LogP contribution is -2.43. The Kier molecular flexibility index (Phi) is 11.1. The van der Waals surface area contributed by atoms with Crippen LogP contribution in [0, 0.1) is 0 Å². The zero-order chi connectivity index (χ0) is 35.2. The number of carbonyl (C=O) groups is 1. The highest BCUT2D eigenvalue weighted by molar-refractivity contribution is 7.89. The first kappa shape index (κ1) is 35.6. The molecule has 0 amide bonds. The molecule has 1 heterocycles. The molecule has 1 N–H and O–H groups in total. The van der Waals surface area contributed by atoms with Crippen LogP contribution in [0.1, 0.15) is 60.9 Å². The van der Waals surface area contributed by atoms with Crippen molar-refractivity contribution in [2.24, 2.45) is 5.10 Å². The molecule has 5 rings (SSSR count). The minimum Gasteiger partial charge on any atom is -0.480 e. The summed E-state index contributed by atoms with van der Waals surface area (Å²) < 4.78 is 70.3. The van der Waals surface area contributed by atoms with Gasteiger partial charge >= 0.3 is 12.3 Å². The zero-order valence-corrected chi connectivity index (χ0v) is 28.0. The number of alkyl halides is 3. The third-order valence-corrected chi connectivity index (χ3v) is 10.4. The predicted octanol–water partition coefficient (Wildman–Crippen LogP) is 7.99. The van der Waals surface area contributed by atoms with Crippen molar-refractivity contribution in [1.82, 2.24) is 4.31 Å². The number of sulfonamides is 1. The van der Waals surface area contributed by atoms with Crippen molar-refractivity contribution in [1.29, 1.82) is 0 Å². The number of benzene rings is 4. The van der Waals surface area contributed by atoms with Gasteiger partial charge in [-0.2, -0.15) is 9.41 Å². The Morgan fingerprint density at radius 3 is 2.18 bits per heavy atom. The molecule has 0 aliphatic carbocycles. The number of unbranched alkanes of at least 4 members (excludes halogenated alkanes) is 2. The van der Waals surface area contributed by atoms with Crippen molar-refractivity contribution in [3.63, 3.8) is 0 Å². The summed E-state index contributed by atoms with van der Waals surface area (Å²) in [6.45, 7) is 2.16. The van der Waals surface area contributed by atoms with Gasteiger partial charge < -0.3 is 9.84 Å². The monoisotopic (exact) mass is 693 g/mol. The van der Waals surface area contributed by atoms with E-state index in [0.717, 1.165) is 35.6 Å². The molecule has 0 fully saturated rings. The topological polar surface area (TPSA) is 99.5 Å². The van der Waals surface area contributed by atoms with E-state index in [2.05, 4.69) is 23.8 Å². The van der Waals surface area contributed by atoms with Crippen LogP contribution < -0.4 is 9.75 Å². The van der Waals surface area contributed by atoms with Gasteiger partial charge in [-0.3, -0.25) is 9.80 Å². The van der Waals surface area contributed by atoms with Crippen molar-refractivity contribution >= 4 is 27.4 Å². The summed E-state index contributed by atoms with van der Waals surface area (Å²) >= 11 is 0. The Balaban J connectivity index is 1.42. The highest BCUT2D eigenvalue weighted by Crippen LogP contribution is 2.38. The Morgan fingerprint density at radius 1 is 0.939 bits per heavy atom. The molecule has 0 radical (unpaired) electrons. The Bertz CT molecular complexity index is 1850. The van der Waals surface area contributed by atoms with E-state index in [1.165, 1.54) is 49.0 Å². The van der Waals surface area contributed by atoms with Gasteiger partial charge in [0, 0.05) is 13.5 Å². The molecular weight excluding hydrogens is 655 g/mol. The summed E-state index contributed by atoms with van der Waals surface area (Å²) in [4.78, 5) is 12.1. The number of anilines is 1. The predicted molar refractivity (Wildman–Crippen MR) is 182 cm³/mol. The maximum absolute atomic E-state index is 13.6. The van der Waals surface area contributed by atoms with Crippen molar-refractivity contribution in [2.45, 2.75) is 68.8 Å². The van der Waals surface area contributed by atoms with E-state index in [1.807, 2.05) is 12.1 Å². The molecule has 12 heteroatoms. The number of hydrogen-bond donors (Lipinski definition) is 1. The molecule has 4 aromatic carbocycles. The number of hydrogen-bond acceptors (Lipinski definition) is 6. The van der Waals surface area contributed by atoms with E-state index in [0.29, 0.717) is 28.9 Å². The van der Waals surface area contributed by atoms with E-state index in [-0.39, 0.29) is 23.1 Å². The first-order chi connectivity index (χ1) is 23.4. The average Bonchev–Trinajstić information content (AvgIpc) is 3.53. The lowest BCUT2D eigenvalue weighted by molar-refractivity contribution is -0.274. The first-order valence-electron chi connectivity index (χ1n) is 16.0. The molecule has 258 valence electrons. The van der Waals surface area contributed by atoms with Crippen LogP contribution in [0.25, 0.3) is 0 Å². The summed E-state index contributed by atoms with van der Waals surface area (Å²) in [5, 5.41) is 16.5. The fourth-order valence-electron chi connectivity index (χ4n) is 5.83. The number of aryl methyl sites for hydroxylation is 1. The second kappa shape index (κ2) is 15.3. The fourth-order valence-corrected chi connectivity index (χ4v) is 7.14. The fraction of sp³-hybridized carbons (Fsp3) is 0.297. The van der Waals surface area contributed by atoms with Crippen LogP contribution in [-0.4, -0.2) is 49.0 Å². The van der Waals surface area contributed by atoms with Crippen LogP contribution in [0.5, 0.6) is 5.75 Å². The highest BCUT2D eigenvalue weighted by Gasteiger charge is 2.35. The summed E-state index contributed by atoms with van der Waals surface area (Å²) in [6.07, 6.45) is -0.0290. The van der Waals surface area contributed by atoms with Crippen LogP contribution in [-0.2, 0) is 27.7 Å². The van der Waals surface area contributed by atoms with Crippen LogP contribution in [0.3, 0.4) is 0 Å². The van der Waals surface area contributed by atoms with E-state index in [1.54, 1.807) is 47.5 Å². The average molecular weight is 694 g/mol. The van der Waals surface area contributed by atoms with Gasteiger partial charge in [0.1, 0.15) is 11.8 Å². The van der Waals surface area contributed by atoms with Crippen molar-refractivity contribution in [2.75, 3.05) is 12.1 Å². The number of halogens is 3. The SMILES string of the molecule is CCCCCc1ccc(C2CC(c3ccc(OC(F)(F)F)cc3)=NN2c2ccc(S(=O)(=O)N(C)[C@@H](Cc3ccccc3)C(=O)O)cc2)cc1. The van der Waals surface area contributed by atoms with E-state index in [4.69, 9.17) is 5.10 Å². The molecule has 1 unspecified atom stereocenters. The molecule has 8 nitrogen and oxygen atoms in total. The molecule has 0 bridgehead atoms. The minimum atomic E-state index is -4.80. The normalized spacial score (nSPS) is 15.7. The van der Waals surface area contributed by atoms with E-state index >= 15 is 0 Å².